The van der Waals surface area contributed by atoms with Gasteiger partial charge in [0.2, 0.25) is 0 Å². The quantitative estimate of drug-likeness (QED) is 0.735. The zero-order valence-electron chi connectivity index (χ0n) is 8.70. The van der Waals surface area contributed by atoms with Crippen molar-refractivity contribution in [2.45, 2.75) is 13.8 Å². The predicted octanol–water partition coefficient (Wildman–Crippen LogP) is 1.34. The molecule has 4 heteroatoms. The molecule has 0 bridgehead atoms. The minimum Gasteiger partial charge on any atom is -0.507 e. The second kappa shape index (κ2) is 4.59. The van der Waals surface area contributed by atoms with Gasteiger partial charge in [-0.1, -0.05) is 0 Å². The van der Waals surface area contributed by atoms with Gasteiger partial charge in [-0.3, -0.25) is 9.59 Å². The summed E-state index contributed by atoms with van der Waals surface area (Å²) in [6.07, 6.45) is 0. The summed E-state index contributed by atoms with van der Waals surface area (Å²) in [4.78, 5) is 22.4. The van der Waals surface area contributed by atoms with Gasteiger partial charge < -0.3 is 10.4 Å². The average molecular weight is 207 g/mol. The average Bonchev–Trinajstić information content (AvgIpc) is 2.17. The van der Waals surface area contributed by atoms with Crippen molar-refractivity contribution in [3.05, 3.63) is 29.3 Å². The van der Waals surface area contributed by atoms with E-state index in [2.05, 4.69) is 5.32 Å². The highest BCUT2D eigenvalue weighted by atomic mass is 16.3. The van der Waals surface area contributed by atoms with Crippen LogP contribution in [-0.4, -0.2) is 23.3 Å². The van der Waals surface area contributed by atoms with E-state index in [0.29, 0.717) is 12.1 Å². The zero-order chi connectivity index (χ0) is 11.4. The fourth-order valence-electron chi connectivity index (χ4n) is 1.23. The van der Waals surface area contributed by atoms with E-state index in [-0.39, 0.29) is 23.0 Å². The number of carbonyl (C=O) groups is 2. The van der Waals surface area contributed by atoms with Gasteiger partial charge in [0, 0.05) is 12.1 Å². The largest absolute Gasteiger partial charge is 0.507 e. The van der Waals surface area contributed by atoms with Crippen molar-refractivity contribution in [1.82, 2.24) is 5.32 Å². The van der Waals surface area contributed by atoms with E-state index in [9.17, 15) is 14.7 Å². The van der Waals surface area contributed by atoms with Crippen LogP contribution in [0.5, 0.6) is 5.75 Å². The first-order chi connectivity index (χ1) is 7.06. The summed E-state index contributed by atoms with van der Waals surface area (Å²) >= 11 is 0. The molecule has 0 spiro atoms. The molecule has 1 aromatic rings. The minimum absolute atomic E-state index is 0.161. The van der Waals surface area contributed by atoms with Crippen LogP contribution in [0.25, 0.3) is 0 Å². The van der Waals surface area contributed by atoms with Gasteiger partial charge in [0.05, 0.1) is 5.56 Å². The highest BCUT2D eigenvalue weighted by molar-refractivity contribution is 6.00. The molecule has 1 amide bonds. The first kappa shape index (κ1) is 11.2. The second-order valence-corrected chi connectivity index (χ2v) is 3.15. The van der Waals surface area contributed by atoms with Crippen LogP contribution in [0.1, 0.15) is 34.6 Å². The molecule has 0 aliphatic carbocycles. The van der Waals surface area contributed by atoms with E-state index in [1.807, 2.05) is 6.92 Å². The summed E-state index contributed by atoms with van der Waals surface area (Å²) in [6.45, 7) is 3.69. The van der Waals surface area contributed by atoms with Crippen molar-refractivity contribution in [3.8, 4) is 5.75 Å². The molecule has 0 unspecified atom stereocenters. The summed E-state index contributed by atoms with van der Waals surface area (Å²) in [5.74, 6) is -0.649. The van der Waals surface area contributed by atoms with Gasteiger partial charge in [-0.2, -0.15) is 0 Å². The third-order valence-electron chi connectivity index (χ3n) is 1.98. The fraction of sp³-hybridized carbons (Fsp3) is 0.273. The molecule has 0 atom stereocenters. The van der Waals surface area contributed by atoms with Crippen LogP contribution in [0.2, 0.25) is 0 Å². The molecule has 4 nitrogen and oxygen atoms in total. The number of nitrogens with one attached hydrogen (secondary N) is 1. The Hall–Kier alpha value is -1.84. The number of amides is 1. The number of rotatable bonds is 3. The van der Waals surface area contributed by atoms with Gasteiger partial charge in [-0.15, -0.1) is 0 Å². The van der Waals surface area contributed by atoms with E-state index in [4.69, 9.17) is 0 Å². The lowest BCUT2D eigenvalue weighted by molar-refractivity contribution is 0.0952. The number of hydrogen-bond acceptors (Lipinski definition) is 3. The van der Waals surface area contributed by atoms with Gasteiger partial charge in [-0.25, -0.2) is 0 Å². The smallest absolute Gasteiger partial charge is 0.251 e. The summed E-state index contributed by atoms with van der Waals surface area (Å²) in [7, 11) is 0. The molecule has 0 saturated heterocycles. The Kier molecular flexibility index (Phi) is 3.44. The predicted molar refractivity (Wildman–Crippen MR) is 56.1 cm³/mol. The van der Waals surface area contributed by atoms with Gasteiger partial charge >= 0.3 is 0 Å². The van der Waals surface area contributed by atoms with E-state index < -0.39 is 0 Å². The van der Waals surface area contributed by atoms with Crippen LogP contribution in [-0.2, 0) is 0 Å². The molecule has 2 N–H and O–H groups in total. The summed E-state index contributed by atoms with van der Waals surface area (Å²) in [5.41, 5.74) is 0.572. The molecular formula is C11H13NO3. The SMILES string of the molecule is CCNC(=O)c1ccc(C(C)=O)c(O)c1. The topological polar surface area (TPSA) is 66.4 Å². The molecule has 80 valence electrons. The normalized spacial score (nSPS) is 9.73. The highest BCUT2D eigenvalue weighted by Gasteiger charge is 2.10. The van der Waals surface area contributed by atoms with E-state index >= 15 is 0 Å². The Labute approximate surface area is 87.9 Å². The van der Waals surface area contributed by atoms with Crippen molar-refractivity contribution < 1.29 is 14.7 Å². The van der Waals surface area contributed by atoms with Crippen LogP contribution in [0.4, 0.5) is 0 Å². The molecule has 0 heterocycles. The molecule has 0 aliphatic rings. The van der Waals surface area contributed by atoms with Gasteiger partial charge in [0.25, 0.3) is 5.91 Å². The maximum atomic E-state index is 11.4. The van der Waals surface area contributed by atoms with Crippen LogP contribution in [0, 0.1) is 0 Å². The second-order valence-electron chi connectivity index (χ2n) is 3.15. The third-order valence-corrected chi connectivity index (χ3v) is 1.98. The standard InChI is InChI=1S/C11H13NO3/c1-3-12-11(15)8-4-5-9(7(2)13)10(14)6-8/h4-6,14H,3H2,1-2H3,(H,12,15). The van der Waals surface area contributed by atoms with Gasteiger partial charge in [0.15, 0.2) is 5.78 Å². The van der Waals surface area contributed by atoms with Crippen LogP contribution in [0.15, 0.2) is 18.2 Å². The lowest BCUT2D eigenvalue weighted by Gasteiger charge is -2.04. The zero-order valence-corrected chi connectivity index (χ0v) is 8.70. The monoisotopic (exact) mass is 207 g/mol. The Morgan fingerprint density at radius 1 is 1.40 bits per heavy atom. The fourth-order valence-corrected chi connectivity index (χ4v) is 1.23. The Bertz CT molecular complexity index is 399. The lowest BCUT2D eigenvalue weighted by atomic mass is 10.1. The number of carbonyl (C=O) groups excluding carboxylic acids is 2. The van der Waals surface area contributed by atoms with E-state index in [1.165, 1.54) is 25.1 Å². The van der Waals surface area contributed by atoms with Crippen molar-refractivity contribution >= 4 is 11.7 Å². The summed E-state index contributed by atoms with van der Waals surface area (Å²) in [5, 5.41) is 12.1. The molecular weight excluding hydrogens is 194 g/mol. The molecule has 1 aromatic carbocycles. The summed E-state index contributed by atoms with van der Waals surface area (Å²) < 4.78 is 0. The Morgan fingerprint density at radius 2 is 2.07 bits per heavy atom. The van der Waals surface area contributed by atoms with Crippen molar-refractivity contribution in [3.63, 3.8) is 0 Å². The highest BCUT2D eigenvalue weighted by Crippen LogP contribution is 2.19. The molecule has 0 saturated carbocycles. The van der Waals surface area contributed by atoms with Crippen molar-refractivity contribution in [2.24, 2.45) is 0 Å². The maximum absolute atomic E-state index is 11.4. The van der Waals surface area contributed by atoms with E-state index in [1.54, 1.807) is 0 Å². The lowest BCUT2D eigenvalue weighted by Crippen LogP contribution is -2.22. The van der Waals surface area contributed by atoms with Crippen LogP contribution >= 0.6 is 0 Å². The molecule has 1 rings (SSSR count). The minimum atomic E-state index is -0.261. The van der Waals surface area contributed by atoms with Gasteiger partial charge in [-0.05, 0) is 32.0 Å². The number of ketones is 1. The Morgan fingerprint density at radius 3 is 2.53 bits per heavy atom. The molecule has 0 aliphatic heterocycles. The number of Topliss-reactive ketones (excluding diaryl/α,β-unsaturated/α-hetero) is 1. The number of hydrogen-bond donors (Lipinski definition) is 2. The molecule has 0 aromatic heterocycles. The van der Waals surface area contributed by atoms with Crippen LogP contribution < -0.4 is 5.32 Å². The van der Waals surface area contributed by atoms with Crippen LogP contribution in [0.3, 0.4) is 0 Å². The summed E-state index contributed by atoms with van der Waals surface area (Å²) in [6, 6.07) is 4.26. The van der Waals surface area contributed by atoms with Crippen molar-refractivity contribution in [1.29, 1.82) is 0 Å². The van der Waals surface area contributed by atoms with Crippen molar-refractivity contribution in [2.75, 3.05) is 6.54 Å². The maximum Gasteiger partial charge on any atom is 0.251 e. The van der Waals surface area contributed by atoms with E-state index in [0.717, 1.165) is 0 Å². The molecule has 0 radical (unpaired) electrons. The number of benzene rings is 1. The third kappa shape index (κ3) is 2.56. The molecule has 0 fully saturated rings. The number of aromatic hydroxyl groups is 1. The Balaban J connectivity index is 3.01. The molecule has 15 heavy (non-hydrogen) atoms. The number of phenolic OH excluding ortho intramolecular Hbond substituents is 1. The first-order valence-corrected chi connectivity index (χ1v) is 4.68. The number of phenols is 1. The van der Waals surface area contributed by atoms with Gasteiger partial charge in [0.1, 0.15) is 5.75 Å². The first-order valence-electron chi connectivity index (χ1n) is 4.68.